The van der Waals surface area contributed by atoms with E-state index in [0.29, 0.717) is 18.7 Å². The van der Waals surface area contributed by atoms with Crippen molar-refractivity contribution in [3.8, 4) is 0 Å². The summed E-state index contributed by atoms with van der Waals surface area (Å²) >= 11 is 0. The summed E-state index contributed by atoms with van der Waals surface area (Å²) in [5, 5.41) is 13.1. The number of halogens is 2. The van der Waals surface area contributed by atoms with Crippen LogP contribution in [-0.2, 0) is 6.42 Å². The van der Waals surface area contributed by atoms with Crippen molar-refractivity contribution >= 4 is 17.2 Å². The van der Waals surface area contributed by atoms with E-state index in [0.717, 1.165) is 16.7 Å². The van der Waals surface area contributed by atoms with Gasteiger partial charge in [0.2, 0.25) is 0 Å². The molecule has 1 heterocycles. The van der Waals surface area contributed by atoms with Crippen LogP contribution in [0.4, 0.5) is 8.78 Å². The number of allylic oxidation sites excluding steroid dienone is 1. The molecule has 3 aromatic carbocycles. The molecule has 1 amide bonds. The van der Waals surface area contributed by atoms with Gasteiger partial charge in [0.05, 0.1) is 30.0 Å². The predicted molar refractivity (Wildman–Crippen MR) is 125 cm³/mol. The van der Waals surface area contributed by atoms with E-state index in [-0.39, 0.29) is 16.9 Å². The van der Waals surface area contributed by atoms with Gasteiger partial charge in [-0.15, -0.1) is 0 Å². The molecule has 0 radical (unpaired) electrons. The number of hydrogen-bond acceptors (Lipinski definition) is 3. The van der Waals surface area contributed by atoms with E-state index in [2.05, 4.69) is 10.3 Å². The molecule has 0 unspecified atom stereocenters. The number of carbonyl (C=O) groups excluding carboxylic acids is 1. The summed E-state index contributed by atoms with van der Waals surface area (Å²) in [4.78, 5) is 17.6. The van der Waals surface area contributed by atoms with Crippen molar-refractivity contribution in [2.45, 2.75) is 25.5 Å². The number of nitrogens with zero attached hydrogens (tertiary/aromatic N) is 1. The average molecular weight is 446 g/mol. The maximum atomic E-state index is 14.9. The van der Waals surface area contributed by atoms with E-state index in [1.165, 1.54) is 24.3 Å². The molecule has 0 spiro atoms. The Kier molecular flexibility index (Phi) is 6.75. The fourth-order valence-corrected chi connectivity index (χ4v) is 3.85. The van der Waals surface area contributed by atoms with E-state index in [4.69, 9.17) is 0 Å². The molecule has 2 atom stereocenters. The van der Waals surface area contributed by atoms with E-state index in [1.54, 1.807) is 31.2 Å². The number of carbonyl (C=O) groups is 1. The topological polar surface area (TPSA) is 61.7 Å². The molecule has 4 rings (SSSR count). The van der Waals surface area contributed by atoms with Gasteiger partial charge in [-0.25, -0.2) is 8.78 Å². The highest BCUT2D eigenvalue weighted by atomic mass is 19.1. The second-order valence-corrected chi connectivity index (χ2v) is 8.05. The molecule has 2 N–H and O–H groups in total. The highest BCUT2D eigenvalue weighted by Gasteiger charge is 2.25. The standard InChI is InChI=1S/C27H24F2N2O2/c1-17(32)24(14-18-6-3-2-4-7-18)31-27(33)22-8-5-9-23(29)26(22)25-15-20(16-30-25)19-10-12-21(28)13-11-19/h2-13,15,17,24,32H,14,16H2,1H3,(H,31,33)/t17-,24+/m0/s1. The highest BCUT2D eigenvalue weighted by molar-refractivity contribution is 6.19. The van der Waals surface area contributed by atoms with Crippen LogP contribution in [-0.4, -0.2) is 35.4 Å². The Hall–Kier alpha value is -3.64. The van der Waals surface area contributed by atoms with Crippen LogP contribution >= 0.6 is 0 Å². The number of hydrogen-bond donors (Lipinski definition) is 2. The van der Waals surface area contributed by atoms with Gasteiger partial charge in [0.15, 0.2) is 0 Å². The lowest BCUT2D eigenvalue weighted by atomic mass is 9.98. The highest BCUT2D eigenvalue weighted by Crippen LogP contribution is 2.25. The van der Waals surface area contributed by atoms with Crippen molar-refractivity contribution in [2.75, 3.05) is 6.54 Å². The smallest absolute Gasteiger partial charge is 0.252 e. The number of aliphatic hydroxyl groups is 1. The molecule has 168 valence electrons. The number of nitrogens with one attached hydrogen (secondary N) is 1. The average Bonchev–Trinajstić information content (AvgIpc) is 3.29. The maximum absolute atomic E-state index is 14.9. The Morgan fingerprint density at radius 1 is 1.03 bits per heavy atom. The summed E-state index contributed by atoms with van der Waals surface area (Å²) in [5.41, 5.74) is 3.17. The second-order valence-electron chi connectivity index (χ2n) is 8.05. The minimum Gasteiger partial charge on any atom is -0.391 e. The van der Waals surface area contributed by atoms with Gasteiger partial charge in [-0.2, -0.15) is 0 Å². The monoisotopic (exact) mass is 446 g/mol. The lowest BCUT2D eigenvalue weighted by molar-refractivity contribution is 0.0858. The quantitative estimate of drug-likeness (QED) is 0.558. The Bertz CT molecular complexity index is 1200. The molecule has 0 aliphatic carbocycles. The summed E-state index contributed by atoms with van der Waals surface area (Å²) in [6, 6.07) is 19.3. The summed E-state index contributed by atoms with van der Waals surface area (Å²) in [6.45, 7) is 1.92. The van der Waals surface area contributed by atoms with Gasteiger partial charge in [0.1, 0.15) is 11.6 Å². The fraction of sp³-hybridized carbons (Fsp3) is 0.185. The Labute approximate surface area is 191 Å². The van der Waals surface area contributed by atoms with Crippen LogP contribution in [0.5, 0.6) is 0 Å². The van der Waals surface area contributed by atoms with Crippen molar-refractivity contribution in [2.24, 2.45) is 4.99 Å². The number of aliphatic imine (C=N–C) groups is 1. The zero-order valence-corrected chi connectivity index (χ0v) is 18.1. The fourth-order valence-electron chi connectivity index (χ4n) is 3.85. The summed E-state index contributed by atoms with van der Waals surface area (Å²) in [7, 11) is 0. The molecule has 3 aromatic rings. The Balaban J connectivity index is 1.60. The molecule has 6 heteroatoms. The molecule has 33 heavy (non-hydrogen) atoms. The number of benzene rings is 3. The van der Waals surface area contributed by atoms with Crippen molar-refractivity contribution in [1.82, 2.24) is 5.32 Å². The minimum absolute atomic E-state index is 0.108. The lowest BCUT2D eigenvalue weighted by Crippen LogP contribution is -2.44. The molecule has 0 saturated heterocycles. The van der Waals surface area contributed by atoms with Crippen LogP contribution in [0.15, 0.2) is 83.9 Å². The SMILES string of the molecule is C[C@H](O)[C@@H](Cc1ccccc1)NC(=O)c1cccc(F)c1C1=NCC(c2ccc(F)cc2)=C1. The van der Waals surface area contributed by atoms with E-state index in [1.807, 2.05) is 30.3 Å². The molecule has 1 aliphatic heterocycles. The van der Waals surface area contributed by atoms with Gasteiger partial charge < -0.3 is 10.4 Å². The van der Waals surface area contributed by atoms with Gasteiger partial charge in [0.25, 0.3) is 5.91 Å². The van der Waals surface area contributed by atoms with Gasteiger partial charge in [-0.3, -0.25) is 9.79 Å². The molecule has 0 fully saturated rings. The molecular formula is C27H24F2N2O2. The molecule has 1 aliphatic rings. The molecule has 0 aromatic heterocycles. The third-order valence-corrected chi connectivity index (χ3v) is 5.66. The predicted octanol–water partition coefficient (Wildman–Crippen LogP) is 4.57. The molecular weight excluding hydrogens is 422 g/mol. The van der Waals surface area contributed by atoms with Gasteiger partial charge in [0, 0.05) is 5.56 Å². The van der Waals surface area contributed by atoms with Crippen LogP contribution < -0.4 is 5.32 Å². The molecule has 4 nitrogen and oxygen atoms in total. The van der Waals surface area contributed by atoms with Crippen molar-refractivity contribution in [3.05, 3.63) is 113 Å². The van der Waals surface area contributed by atoms with Crippen LogP contribution in [0.2, 0.25) is 0 Å². The summed E-state index contributed by atoms with van der Waals surface area (Å²) in [6.07, 6.45) is 1.35. The first kappa shape index (κ1) is 22.6. The Morgan fingerprint density at radius 3 is 2.45 bits per heavy atom. The first-order chi connectivity index (χ1) is 15.9. The number of rotatable bonds is 7. The van der Waals surface area contributed by atoms with Gasteiger partial charge in [-0.05, 0) is 60.4 Å². The van der Waals surface area contributed by atoms with Crippen molar-refractivity contribution in [1.29, 1.82) is 0 Å². The lowest BCUT2D eigenvalue weighted by Gasteiger charge is -2.22. The van der Waals surface area contributed by atoms with E-state index >= 15 is 0 Å². The summed E-state index contributed by atoms with van der Waals surface area (Å²) in [5.74, 6) is -1.39. The normalized spacial score (nSPS) is 14.9. The molecule has 0 bridgehead atoms. The zero-order valence-electron chi connectivity index (χ0n) is 18.1. The second kappa shape index (κ2) is 9.88. The van der Waals surface area contributed by atoms with E-state index < -0.39 is 23.9 Å². The first-order valence-corrected chi connectivity index (χ1v) is 10.7. The van der Waals surface area contributed by atoms with Crippen LogP contribution in [0.3, 0.4) is 0 Å². The summed E-state index contributed by atoms with van der Waals surface area (Å²) < 4.78 is 28.1. The van der Waals surface area contributed by atoms with Crippen LogP contribution in [0, 0.1) is 11.6 Å². The van der Waals surface area contributed by atoms with Crippen LogP contribution in [0.25, 0.3) is 5.57 Å². The van der Waals surface area contributed by atoms with Crippen LogP contribution in [0.1, 0.15) is 34.0 Å². The first-order valence-electron chi connectivity index (χ1n) is 10.7. The number of amides is 1. The molecule has 0 saturated carbocycles. The minimum atomic E-state index is -0.806. The Morgan fingerprint density at radius 2 is 1.76 bits per heavy atom. The third-order valence-electron chi connectivity index (χ3n) is 5.66. The van der Waals surface area contributed by atoms with Crippen molar-refractivity contribution in [3.63, 3.8) is 0 Å². The zero-order chi connectivity index (χ0) is 23.4. The largest absolute Gasteiger partial charge is 0.391 e. The van der Waals surface area contributed by atoms with Crippen molar-refractivity contribution < 1.29 is 18.7 Å². The van der Waals surface area contributed by atoms with Gasteiger partial charge >= 0.3 is 0 Å². The maximum Gasteiger partial charge on any atom is 0.252 e. The number of aliphatic hydroxyl groups excluding tert-OH is 1. The third kappa shape index (κ3) is 5.23. The van der Waals surface area contributed by atoms with E-state index in [9.17, 15) is 18.7 Å². The van der Waals surface area contributed by atoms with Gasteiger partial charge in [-0.1, -0.05) is 48.5 Å².